The van der Waals surface area contributed by atoms with Crippen molar-refractivity contribution in [2.24, 2.45) is 5.16 Å². The molecule has 2 unspecified atom stereocenters. The van der Waals surface area contributed by atoms with Crippen molar-refractivity contribution in [2.75, 3.05) is 13.5 Å². The van der Waals surface area contributed by atoms with Gasteiger partial charge in [-0.2, -0.15) is 0 Å². The van der Waals surface area contributed by atoms with Crippen LogP contribution in [0.5, 0.6) is 0 Å². The summed E-state index contributed by atoms with van der Waals surface area (Å²) in [6, 6.07) is 0. The van der Waals surface area contributed by atoms with E-state index < -0.39 is 11.1 Å². The predicted molar refractivity (Wildman–Crippen MR) is 101 cm³/mol. The molecule has 7 heteroatoms. The van der Waals surface area contributed by atoms with Gasteiger partial charge in [0.2, 0.25) is 0 Å². The molecule has 1 amide bonds. The Hall–Kier alpha value is -1.24. The van der Waals surface area contributed by atoms with Crippen molar-refractivity contribution in [3.05, 3.63) is 0 Å². The van der Waals surface area contributed by atoms with Crippen molar-refractivity contribution in [3.8, 4) is 0 Å². The van der Waals surface area contributed by atoms with E-state index in [1.807, 2.05) is 58.4 Å². The average molecular weight is 351 g/mol. The summed E-state index contributed by atoms with van der Waals surface area (Å²) in [5.41, 5.74) is -0.544. The molecule has 0 saturated carbocycles. The van der Waals surface area contributed by atoms with Crippen LogP contribution in [0.3, 0.4) is 0 Å². The van der Waals surface area contributed by atoms with Gasteiger partial charge in [0.05, 0.1) is 0 Å². The van der Waals surface area contributed by atoms with Gasteiger partial charge in [-0.1, -0.05) is 13.8 Å². The van der Waals surface area contributed by atoms with Crippen LogP contribution < -0.4 is 0 Å². The minimum absolute atomic E-state index is 0.0463. The molecule has 0 radical (unpaired) electrons. The average Bonchev–Trinajstić information content (AvgIpc) is 3.02. The van der Waals surface area contributed by atoms with Crippen molar-refractivity contribution in [3.63, 3.8) is 0 Å². The van der Waals surface area contributed by atoms with E-state index in [-0.39, 0.29) is 24.0 Å². The van der Waals surface area contributed by atoms with E-state index in [1.54, 1.807) is 0 Å². The van der Waals surface area contributed by atoms with Gasteiger partial charge in [-0.25, -0.2) is 0 Å². The van der Waals surface area contributed by atoms with E-state index in [1.165, 1.54) is 0 Å². The van der Waals surface area contributed by atoms with Gasteiger partial charge >= 0.3 is 139 Å². The van der Waals surface area contributed by atoms with E-state index in [4.69, 9.17) is 4.84 Å². The Labute approximate surface area is 153 Å². The molecule has 0 bridgehead atoms. The van der Waals surface area contributed by atoms with Crippen LogP contribution in [0.1, 0.15) is 68.2 Å². The number of likely N-dealkylation sites (tertiary alicyclic amines) is 1. The van der Waals surface area contributed by atoms with Gasteiger partial charge < -0.3 is 0 Å². The molecule has 0 aromatic heterocycles. The van der Waals surface area contributed by atoms with Gasteiger partial charge in [-0.05, 0) is 0 Å². The SMILES string of the molecule is CC.CC1=NOC(C(C)(C)N2C(=O)C(C)(N(C)CB=O)CC2(C)C)C1. The summed E-state index contributed by atoms with van der Waals surface area (Å²) in [5, 5.41) is 4.05. The predicted octanol–water partition coefficient (Wildman–Crippen LogP) is 2.66. The van der Waals surface area contributed by atoms with E-state index in [9.17, 15) is 9.50 Å². The summed E-state index contributed by atoms with van der Waals surface area (Å²) >= 11 is 0. The van der Waals surface area contributed by atoms with Crippen LogP contribution >= 0.6 is 0 Å². The van der Waals surface area contributed by atoms with Crippen LogP contribution in [0.2, 0.25) is 0 Å². The molecule has 0 spiro atoms. The van der Waals surface area contributed by atoms with Crippen LogP contribution in [0.4, 0.5) is 0 Å². The minimum atomic E-state index is -0.684. The summed E-state index contributed by atoms with van der Waals surface area (Å²) in [7, 11) is 2.68. The van der Waals surface area contributed by atoms with Crippen LogP contribution in [-0.4, -0.2) is 64.8 Å². The molecule has 1 fully saturated rings. The normalized spacial score (nSPS) is 28.2. The Kier molecular flexibility index (Phi) is 6.60. The number of rotatable bonds is 5. The molecule has 0 aromatic carbocycles. The zero-order valence-corrected chi connectivity index (χ0v) is 17.3. The summed E-state index contributed by atoms with van der Waals surface area (Å²) in [6.07, 6.45) is 1.49. The number of nitrogens with zero attached hydrogens (tertiary/aromatic N) is 3. The summed E-state index contributed by atoms with van der Waals surface area (Å²) in [5.74, 6) is 0.0463. The quantitative estimate of drug-likeness (QED) is 0.715. The zero-order valence-electron chi connectivity index (χ0n) is 17.3. The maximum atomic E-state index is 13.3. The number of oxime groups is 1. The molecule has 2 rings (SSSR count). The fourth-order valence-corrected chi connectivity index (χ4v) is 4.19. The molecular formula is C18H34BN3O3. The third-order valence-electron chi connectivity index (χ3n) is 5.42. The van der Waals surface area contributed by atoms with Crippen molar-refractivity contribution in [1.82, 2.24) is 9.80 Å². The summed E-state index contributed by atoms with van der Waals surface area (Å²) < 4.78 is 10.9. The first-order chi connectivity index (χ1) is 11.5. The molecule has 2 aliphatic rings. The topological polar surface area (TPSA) is 62.2 Å². The molecule has 0 aliphatic carbocycles. The fourth-order valence-electron chi connectivity index (χ4n) is 4.19. The van der Waals surface area contributed by atoms with Gasteiger partial charge in [0.25, 0.3) is 0 Å². The van der Waals surface area contributed by atoms with E-state index >= 15 is 0 Å². The first-order valence-electron chi connectivity index (χ1n) is 9.16. The molecule has 0 N–H and O–H groups in total. The van der Waals surface area contributed by atoms with E-state index in [2.05, 4.69) is 19.0 Å². The number of carbonyl (C=O) groups excluding carboxylic acids is 1. The molecule has 25 heavy (non-hydrogen) atoms. The van der Waals surface area contributed by atoms with E-state index in [0.29, 0.717) is 6.42 Å². The van der Waals surface area contributed by atoms with Crippen LogP contribution in [0.15, 0.2) is 5.16 Å². The summed E-state index contributed by atoms with van der Waals surface area (Å²) in [4.78, 5) is 22.7. The van der Waals surface area contributed by atoms with Gasteiger partial charge in [0.15, 0.2) is 0 Å². The van der Waals surface area contributed by atoms with Crippen LogP contribution in [0.25, 0.3) is 0 Å². The zero-order chi connectivity index (χ0) is 19.6. The van der Waals surface area contributed by atoms with Crippen molar-refractivity contribution in [2.45, 2.75) is 91.0 Å². The number of carbonyl (C=O) groups is 1. The first kappa shape index (κ1) is 21.8. The molecule has 142 valence electrons. The van der Waals surface area contributed by atoms with Crippen LogP contribution in [-0.2, 0) is 14.3 Å². The molecule has 2 heterocycles. The Morgan fingerprint density at radius 3 is 2.36 bits per heavy atom. The second-order valence-corrected chi connectivity index (χ2v) is 8.23. The molecule has 0 aromatic rings. The van der Waals surface area contributed by atoms with Crippen molar-refractivity contribution < 1.29 is 14.3 Å². The third kappa shape index (κ3) is 3.81. The van der Waals surface area contributed by atoms with Gasteiger partial charge in [0, 0.05) is 0 Å². The second kappa shape index (κ2) is 7.56. The van der Waals surface area contributed by atoms with Crippen molar-refractivity contribution in [1.29, 1.82) is 0 Å². The molecular weight excluding hydrogens is 317 g/mol. The molecule has 2 aliphatic heterocycles. The Morgan fingerprint density at radius 2 is 1.92 bits per heavy atom. The molecule has 2 atom stereocenters. The molecule has 1 saturated heterocycles. The number of likely N-dealkylation sites (N-methyl/N-ethyl adjacent to an activating group) is 1. The third-order valence-corrected chi connectivity index (χ3v) is 5.42. The number of hydrogen-bond acceptors (Lipinski definition) is 5. The second-order valence-electron chi connectivity index (χ2n) is 8.23. The van der Waals surface area contributed by atoms with Gasteiger partial charge in [-0.15, -0.1) is 0 Å². The van der Waals surface area contributed by atoms with E-state index in [0.717, 1.165) is 19.3 Å². The van der Waals surface area contributed by atoms with Crippen molar-refractivity contribution >= 4 is 18.8 Å². The number of amides is 1. The Morgan fingerprint density at radius 1 is 1.36 bits per heavy atom. The number of hydrogen-bond donors (Lipinski definition) is 0. The monoisotopic (exact) mass is 351 g/mol. The standard InChI is InChI=1S/C16H28BN3O3.C2H6/c1-11-8-12(23-18-11)15(4,5)20-13(21)16(6,9-14(20,2)3)19(7)10-17-22;1-2/h12H,8-10H2,1-7H3;1-2H3. The fraction of sp³-hybridized carbons (Fsp3) is 0.889. The first-order valence-corrected chi connectivity index (χ1v) is 9.16. The van der Waals surface area contributed by atoms with Crippen LogP contribution in [0, 0.1) is 0 Å². The van der Waals surface area contributed by atoms with Gasteiger partial charge in [-0.3, -0.25) is 0 Å². The molecule has 6 nitrogen and oxygen atoms in total. The Bertz CT molecular complexity index is 548. The summed E-state index contributed by atoms with van der Waals surface area (Å²) in [6.45, 7) is 16.1. The maximum absolute atomic E-state index is 13.3. The van der Waals surface area contributed by atoms with Gasteiger partial charge in [0.1, 0.15) is 0 Å². The Balaban J connectivity index is 0.00000151.